The van der Waals surface area contributed by atoms with Crippen molar-refractivity contribution in [3.8, 4) is 11.5 Å². The van der Waals surface area contributed by atoms with Crippen LogP contribution >= 0.6 is 0 Å². The van der Waals surface area contributed by atoms with Crippen molar-refractivity contribution >= 4 is 11.9 Å². The van der Waals surface area contributed by atoms with Crippen LogP contribution in [0.1, 0.15) is 60.2 Å². The van der Waals surface area contributed by atoms with Gasteiger partial charge in [0.1, 0.15) is 17.3 Å². The summed E-state index contributed by atoms with van der Waals surface area (Å²) in [5.41, 5.74) is 8.29. The molecule has 0 bridgehead atoms. The number of aromatic hydroxyl groups is 1. The molecule has 0 aliphatic carbocycles. The summed E-state index contributed by atoms with van der Waals surface area (Å²) in [6, 6.07) is 0. The molecule has 0 spiro atoms. The van der Waals surface area contributed by atoms with E-state index in [0.29, 0.717) is 31.7 Å². The summed E-state index contributed by atoms with van der Waals surface area (Å²) in [6.07, 6.45) is 2.95. The van der Waals surface area contributed by atoms with Gasteiger partial charge in [-0.15, -0.1) is 5.10 Å². The van der Waals surface area contributed by atoms with Crippen LogP contribution in [0, 0.1) is 20.8 Å². The first-order valence-corrected chi connectivity index (χ1v) is 10.2. The molecular weight excluding hydrogens is 370 g/mol. The van der Waals surface area contributed by atoms with E-state index in [1.54, 1.807) is 0 Å². The SMILES string of the molecule is Cc1c(C)c2c(c(C)c1O)CCC(C)(C(=O)N1CCC(c3nc(N)n[nH]3)CC1)O2. The van der Waals surface area contributed by atoms with Gasteiger partial charge in [0.05, 0.1) is 0 Å². The van der Waals surface area contributed by atoms with Crippen LogP contribution in [0.5, 0.6) is 11.5 Å². The molecule has 1 amide bonds. The highest BCUT2D eigenvalue weighted by Crippen LogP contribution is 2.44. The number of benzene rings is 1. The van der Waals surface area contributed by atoms with Crippen LogP contribution in [0.3, 0.4) is 0 Å². The predicted octanol–water partition coefficient (Wildman–Crippen LogP) is 2.51. The second kappa shape index (κ2) is 6.93. The van der Waals surface area contributed by atoms with Crippen LogP contribution in [0.2, 0.25) is 0 Å². The summed E-state index contributed by atoms with van der Waals surface area (Å²) in [7, 11) is 0. The Labute approximate surface area is 170 Å². The van der Waals surface area contributed by atoms with Gasteiger partial charge in [0, 0.05) is 31.0 Å². The molecule has 4 N–H and O–H groups in total. The molecule has 2 aliphatic heterocycles. The average Bonchev–Trinajstić information content (AvgIpc) is 3.16. The Morgan fingerprint density at radius 3 is 2.55 bits per heavy atom. The van der Waals surface area contributed by atoms with Gasteiger partial charge in [0.25, 0.3) is 5.91 Å². The van der Waals surface area contributed by atoms with Crippen molar-refractivity contribution in [3.05, 3.63) is 28.1 Å². The molecule has 29 heavy (non-hydrogen) atoms. The molecule has 156 valence electrons. The number of nitrogens with one attached hydrogen (secondary N) is 1. The second-order valence-electron chi connectivity index (χ2n) is 8.51. The van der Waals surface area contributed by atoms with Gasteiger partial charge in [0.2, 0.25) is 5.95 Å². The molecule has 1 atom stereocenters. The first-order valence-electron chi connectivity index (χ1n) is 10.2. The largest absolute Gasteiger partial charge is 0.507 e. The normalized spacial score (nSPS) is 22.3. The van der Waals surface area contributed by atoms with E-state index >= 15 is 0 Å². The number of carbonyl (C=O) groups excluding carboxylic acids is 1. The molecule has 0 saturated carbocycles. The Balaban J connectivity index is 1.50. The molecule has 0 radical (unpaired) electrons. The predicted molar refractivity (Wildman–Crippen MR) is 109 cm³/mol. The van der Waals surface area contributed by atoms with Crippen molar-refractivity contribution in [1.29, 1.82) is 0 Å². The van der Waals surface area contributed by atoms with Gasteiger partial charge in [-0.25, -0.2) is 0 Å². The minimum atomic E-state index is -0.892. The first kappa shape index (κ1) is 19.5. The van der Waals surface area contributed by atoms with E-state index in [0.717, 1.165) is 46.7 Å². The average molecular weight is 399 g/mol. The maximum atomic E-state index is 13.4. The number of amides is 1. The first-order chi connectivity index (χ1) is 13.7. The molecule has 2 aromatic rings. The third kappa shape index (κ3) is 3.20. The quantitative estimate of drug-likeness (QED) is 0.714. The zero-order valence-corrected chi connectivity index (χ0v) is 17.5. The maximum absolute atomic E-state index is 13.4. The van der Waals surface area contributed by atoms with Gasteiger partial charge in [0.15, 0.2) is 5.60 Å². The van der Waals surface area contributed by atoms with E-state index < -0.39 is 5.60 Å². The van der Waals surface area contributed by atoms with E-state index in [1.165, 1.54) is 0 Å². The fourth-order valence-electron chi connectivity index (χ4n) is 4.56. The summed E-state index contributed by atoms with van der Waals surface area (Å²) >= 11 is 0. The number of fused-ring (bicyclic) bond motifs is 1. The maximum Gasteiger partial charge on any atom is 0.266 e. The number of phenols is 1. The number of nitrogens with two attached hydrogens (primary N) is 1. The molecule has 8 heteroatoms. The number of rotatable bonds is 2. The number of phenolic OH excluding ortho intramolecular Hbond substituents is 1. The molecule has 1 aromatic carbocycles. The number of nitrogen functional groups attached to an aromatic ring is 1. The third-order valence-corrected chi connectivity index (χ3v) is 6.66. The summed E-state index contributed by atoms with van der Waals surface area (Å²) in [4.78, 5) is 19.5. The summed E-state index contributed by atoms with van der Waals surface area (Å²) in [6.45, 7) is 8.94. The van der Waals surface area contributed by atoms with Gasteiger partial charge in [-0.3, -0.25) is 9.89 Å². The Kier molecular flexibility index (Phi) is 4.67. The van der Waals surface area contributed by atoms with E-state index in [4.69, 9.17) is 10.5 Å². The van der Waals surface area contributed by atoms with Gasteiger partial charge in [-0.05, 0) is 63.6 Å². The van der Waals surface area contributed by atoms with Crippen molar-refractivity contribution in [1.82, 2.24) is 20.1 Å². The second-order valence-corrected chi connectivity index (χ2v) is 8.51. The lowest BCUT2D eigenvalue weighted by atomic mass is 9.85. The number of piperidine rings is 1. The minimum absolute atomic E-state index is 0.0291. The summed E-state index contributed by atoms with van der Waals surface area (Å²) in [5.74, 6) is 2.40. The topological polar surface area (TPSA) is 117 Å². The van der Waals surface area contributed by atoms with Crippen LogP contribution in [0.15, 0.2) is 0 Å². The monoisotopic (exact) mass is 399 g/mol. The van der Waals surface area contributed by atoms with Crippen molar-refractivity contribution in [2.75, 3.05) is 18.8 Å². The lowest BCUT2D eigenvalue weighted by Crippen LogP contribution is -2.54. The summed E-state index contributed by atoms with van der Waals surface area (Å²) < 4.78 is 6.35. The van der Waals surface area contributed by atoms with E-state index in [2.05, 4.69) is 15.2 Å². The van der Waals surface area contributed by atoms with Gasteiger partial charge in [-0.1, -0.05) is 0 Å². The highest BCUT2D eigenvalue weighted by molar-refractivity contribution is 5.86. The molecule has 1 saturated heterocycles. The smallest absolute Gasteiger partial charge is 0.266 e. The fourth-order valence-corrected chi connectivity index (χ4v) is 4.56. The molecule has 4 rings (SSSR count). The van der Waals surface area contributed by atoms with Crippen LogP contribution in [0.25, 0.3) is 0 Å². The Morgan fingerprint density at radius 2 is 1.93 bits per heavy atom. The zero-order valence-electron chi connectivity index (χ0n) is 17.5. The number of likely N-dealkylation sites (tertiary alicyclic amines) is 1. The van der Waals surface area contributed by atoms with Crippen LogP contribution in [0.4, 0.5) is 5.95 Å². The Hall–Kier alpha value is -2.77. The number of ether oxygens (including phenoxy) is 1. The Morgan fingerprint density at radius 1 is 1.24 bits per heavy atom. The molecule has 8 nitrogen and oxygen atoms in total. The lowest BCUT2D eigenvalue weighted by Gasteiger charge is -2.41. The number of aromatic nitrogens is 3. The van der Waals surface area contributed by atoms with Crippen molar-refractivity contribution in [2.24, 2.45) is 0 Å². The number of hydrogen-bond donors (Lipinski definition) is 3. The van der Waals surface area contributed by atoms with Gasteiger partial charge in [-0.2, -0.15) is 4.98 Å². The van der Waals surface area contributed by atoms with E-state index in [1.807, 2.05) is 32.6 Å². The van der Waals surface area contributed by atoms with Crippen LogP contribution < -0.4 is 10.5 Å². The van der Waals surface area contributed by atoms with Crippen LogP contribution in [-0.4, -0.2) is 49.8 Å². The highest BCUT2D eigenvalue weighted by atomic mass is 16.5. The Bertz CT molecular complexity index is 962. The molecular formula is C21H29N5O3. The number of carbonyl (C=O) groups is 1. The summed E-state index contributed by atoms with van der Waals surface area (Å²) in [5, 5.41) is 17.1. The number of aromatic amines is 1. The molecule has 1 aromatic heterocycles. The van der Waals surface area contributed by atoms with E-state index in [9.17, 15) is 9.90 Å². The lowest BCUT2D eigenvalue weighted by molar-refractivity contribution is -0.149. The molecule has 3 heterocycles. The molecule has 1 unspecified atom stereocenters. The highest BCUT2D eigenvalue weighted by Gasteiger charge is 2.44. The number of anilines is 1. The fraction of sp³-hybridized carbons (Fsp3) is 0.571. The molecule has 1 fully saturated rings. The third-order valence-electron chi connectivity index (χ3n) is 6.66. The zero-order chi connectivity index (χ0) is 20.9. The van der Waals surface area contributed by atoms with Gasteiger partial charge < -0.3 is 20.5 Å². The van der Waals surface area contributed by atoms with E-state index in [-0.39, 0.29) is 17.8 Å². The van der Waals surface area contributed by atoms with Crippen molar-refractivity contribution < 1.29 is 14.6 Å². The van der Waals surface area contributed by atoms with Crippen molar-refractivity contribution in [3.63, 3.8) is 0 Å². The van der Waals surface area contributed by atoms with Crippen LogP contribution in [-0.2, 0) is 11.2 Å². The molecule has 2 aliphatic rings. The van der Waals surface area contributed by atoms with Crippen molar-refractivity contribution in [2.45, 2.75) is 64.9 Å². The standard InChI is InChI=1S/C21H29N5O3/c1-11-12(2)17-15(13(3)16(11)27)5-8-21(4,29-17)19(28)26-9-6-14(7-10-26)18-23-20(22)25-24-18/h14,27H,5-10H2,1-4H3,(H3,22,23,24,25). The minimum Gasteiger partial charge on any atom is -0.507 e. The van der Waals surface area contributed by atoms with Gasteiger partial charge >= 0.3 is 0 Å². The number of nitrogens with zero attached hydrogens (tertiary/aromatic N) is 3. The number of hydrogen-bond acceptors (Lipinski definition) is 6. The number of H-pyrrole nitrogens is 1.